The summed E-state index contributed by atoms with van der Waals surface area (Å²) in [4.78, 5) is 29.5. The third-order valence-electron chi connectivity index (χ3n) is 4.92. The van der Waals surface area contributed by atoms with Crippen LogP contribution in [0, 0.1) is 17.7 Å². The van der Waals surface area contributed by atoms with E-state index in [1.165, 1.54) is 23.1 Å². The van der Waals surface area contributed by atoms with Gasteiger partial charge in [0, 0.05) is 44.8 Å². The van der Waals surface area contributed by atoms with E-state index in [9.17, 15) is 19.1 Å². The van der Waals surface area contributed by atoms with Gasteiger partial charge in [-0.15, -0.1) is 0 Å². The topological polar surface area (TPSA) is 118 Å². The van der Waals surface area contributed by atoms with Gasteiger partial charge in [-0.25, -0.2) is 9.37 Å². The van der Waals surface area contributed by atoms with Gasteiger partial charge < -0.3 is 25.8 Å². The molecule has 0 spiro atoms. The minimum absolute atomic E-state index is 0.0293. The Morgan fingerprint density at radius 1 is 1.42 bits per heavy atom. The number of methoxy groups -OCH3 is 1. The lowest BCUT2D eigenvalue weighted by Crippen LogP contribution is -2.37. The van der Waals surface area contributed by atoms with Gasteiger partial charge >= 0.3 is 0 Å². The van der Waals surface area contributed by atoms with Crippen LogP contribution in [0.1, 0.15) is 22.5 Å². The first-order valence-electron chi connectivity index (χ1n) is 9.60. The second kappa shape index (κ2) is 9.12. The highest BCUT2D eigenvalue weighted by Crippen LogP contribution is 2.26. The summed E-state index contributed by atoms with van der Waals surface area (Å²) in [5.41, 5.74) is 4.76. The number of carbonyl (C=O) groups is 2. The van der Waals surface area contributed by atoms with Crippen molar-refractivity contribution in [3.63, 3.8) is 0 Å². The number of anilines is 1. The fourth-order valence-corrected chi connectivity index (χ4v) is 3.17. The van der Waals surface area contributed by atoms with Crippen LogP contribution in [0.25, 0.3) is 11.3 Å². The first-order chi connectivity index (χ1) is 14.7. The average Bonchev–Trinajstić information content (AvgIpc) is 3.01. The van der Waals surface area contributed by atoms with Crippen molar-refractivity contribution in [1.82, 2.24) is 9.88 Å². The maximum absolute atomic E-state index is 14.5. The molecule has 0 unspecified atom stereocenters. The molecular weight excluding hydrogens is 403 g/mol. The number of likely N-dealkylation sites (tertiary alicyclic amines) is 1. The molecule has 1 aromatic carbocycles. The van der Waals surface area contributed by atoms with E-state index in [-0.39, 0.29) is 23.4 Å². The number of nitrogens with one attached hydrogen (secondary N) is 1. The largest absolute Gasteiger partial charge is 0.383 e. The number of aromatic nitrogens is 1. The van der Waals surface area contributed by atoms with Gasteiger partial charge in [-0.1, -0.05) is 11.8 Å². The van der Waals surface area contributed by atoms with Gasteiger partial charge in [0.05, 0.1) is 18.0 Å². The molecule has 31 heavy (non-hydrogen) atoms. The van der Waals surface area contributed by atoms with Crippen molar-refractivity contribution in [1.29, 1.82) is 0 Å². The van der Waals surface area contributed by atoms with E-state index in [1.54, 1.807) is 26.3 Å². The number of pyridine rings is 1. The number of amides is 2. The van der Waals surface area contributed by atoms with Crippen molar-refractivity contribution in [2.45, 2.75) is 12.0 Å². The molecule has 4 N–H and O–H groups in total. The fraction of sp³-hybridized carbons (Fsp3) is 0.318. The summed E-state index contributed by atoms with van der Waals surface area (Å²) in [6.07, 6.45) is 0.199. The Bertz CT molecular complexity index is 1080. The molecule has 0 saturated carbocycles. The number of hydrogen-bond donors (Lipinski definition) is 3. The van der Waals surface area contributed by atoms with E-state index in [0.717, 1.165) is 0 Å². The van der Waals surface area contributed by atoms with Crippen LogP contribution in [-0.2, 0) is 9.53 Å². The van der Waals surface area contributed by atoms with Crippen molar-refractivity contribution in [3.05, 3.63) is 47.4 Å². The number of primary amides is 1. The maximum atomic E-state index is 14.5. The predicted molar refractivity (Wildman–Crippen MR) is 113 cm³/mol. The Labute approximate surface area is 179 Å². The van der Waals surface area contributed by atoms with Gasteiger partial charge in [-0.3, -0.25) is 9.59 Å². The van der Waals surface area contributed by atoms with Crippen molar-refractivity contribution in [3.8, 4) is 23.1 Å². The van der Waals surface area contributed by atoms with Gasteiger partial charge in [0.25, 0.3) is 11.8 Å². The first kappa shape index (κ1) is 22.2. The number of halogens is 1. The molecule has 162 valence electrons. The number of carbonyl (C=O) groups excluding carboxylic acids is 2. The van der Waals surface area contributed by atoms with Gasteiger partial charge in [-0.2, -0.15) is 0 Å². The summed E-state index contributed by atoms with van der Waals surface area (Å²) in [7, 11) is 3.14. The normalized spacial score (nSPS) is 17.9. The zero-order valence-corrected chi connectivity index (χ0v) is 17.2. The number of rotatable bonds is 6. The number of nitrogens with two attached hydrogens (primary N) is 1. The predicted octanol–water partition coefficient (Wildman–Crippen LogP) is 0.990. The Hall–Kier alpha value is -3.48. The van der Waals surface area contributed by atoms with E-state index in [1.807, 2.05) is 0 Å². The number of aliphatic hydroxyl groups is 1. The van der Waals surface area contributed by atoms with Crippen molar-refractivity contribution >= 4 is 17.5 Å². The van der Waals surface area contributed by atoms with E-state index < -0.39 is 23.2 Å². The van der Waals surface area contributed by atoms with Crippen LogP contribution in [0.5, 0.6) is 0 Å². The Morgan fingerprint density at radius 3 is 2.84 bits per heavy atom. The van der Waals surface area contributed by atoms with Crippen molar-refractivity contribution in [2.75, 3.05) is 39.2 Å². The molecule has 0 aliphatic carbocycles. The SMILES string of the molecule is COCCNc1ccc(-c2cc(C#C[C@]3(O)CCN(C)C3=O)ccc2F)nc1C(N)=O. The number of hydrogen-bond acceptors (Lipinski definition) is 6. The van der Waals surface area contributed by atoms with Gasteiger partial charge in [0.1, 0.15) is 5.82 Å². The minimum Gasteiger partial charge on any atom is -0.383 e. The van der Waals surface area contributed by atoms with Gasteiger partial charge in [0.2, 0.25) is 5.60 Å². The van der Waals surface area contributed by atoms with E-state index >= 15 is 0 Å². The molecule has 1 aliphatic rings. The van der Waals surface area contributed by atoms with Crippen molar-refractivity contribution in [2.24, 2.45) is 5.73 Å². The molecule has 3 rings (SSSR count). The highest BCUT2D eigenvalue weighted by Gasteiger charge is 2.42. The van der Waals surface area contributed by atoms with Gasteiger partial charge in [-0.05, 0) is 30.3 Å². The molecular formula is C22H23FN4O4. The molecule has 2 aromatic rings. The molecule has 0 radical (unpaired) electrons. The monoisotopic (exact) mass is 426 g/mol. The van der Waals surface area contributed by atoms with Crippen LogP contribution in [0.3, 0.4) is 0 Å². The van der Waals surface area contributed by atoms with Crippen LogP contribution in [0.15, 0.2) is 30.3 Å². The third-order valence-corrected chi connectivity index (χ3v) is 4.92. The lowest BCUT2D eigenvalue weighted by Gasteiger charge is -2.13. The van der Waals surface area contributed by atoms with Crippen LogP contribution in [-0.4, -0.2) is 66.3 Å². The Balaban J connectivity index is 1.94. The zero-order chi connectivity index (χ0) is 22.6. The van der Waals surface area contributed by atoms with Crippen LogP contribution in [0.2, 0.25) is 0 Å². The number of likely N-dealkylation sites (N-methyl/N-ethyl adjacent to an activating group) is 1. The summed E-state index contributed by atoms with van der Waals surface area (Å²) in [5, 5.41) is 13.4. The molecule has 1 fully saturated rings. The van der Waals surface area contributed by atoms with Crippen LogP contribution < -0.4 is 11.1 Å². The molecule has 0 bridgehead atoms. The minimum atomic E-state index is -1.75. The summed E-state index contributed by atoms with van der Waals surface area (Å²) >= 11 is 0. The zero-order valence-electron chi connectivity index (χ0n) is 17.2. The molecule has 2 heterocycles. The van der Waals surface area contributed by atoms with Crippen molar-refractivity contribution < 1.29 is 23.8 Å². The second-order valence-corrected chi connectivity index (χ2v) is 7.16. The Morgan fingerprint density at radius 2 is 2.19 bits per heavy atom. The number of benzene rings is 1. The molecule has 8 nitrogen and oxygen atoms in total. The lowest BCUT2D eigenvalue weighted by atomic mass is 10.0. The highest BCUT2D eigenvalue weighted by atomic mass is 19.1. The molecule has 1 atom stereocenters. The number of nitrogens with zero attached hydrogens (tertiary/aromatic N) is 2. The Kier molecular flexibility index (Phi) is 6.53. The number of ether oxygens (including phenoxy) is 1. The van der Waals surface area contributed by atoms with E-state index in [4.69, 9.17) is 10.5 Å². The quantitative estimate of drug-likeness (QED) is 0.468. The van der Waals surface area contributed by atoms with Gasteiger partial charge in [0.15, 0.2) is 5.69 Å². The summed E-state index contributed by atoms with van der Waals surface area (Å²) < 4.78 is 19.5. The third kappa shape index (κ3) is 4.82. The highest BCUT2D eigenvalue weighted by molar-refractivity contribution is 5.97. The van der Waals surface area contributed by atoms with Crippen LogP contribution in [0.4, 0.5) is 10.1 Å². The molecule has 1 aromatic heterocycles. The average molecular weight is 426 g/mol. The summed E-state index contributed by atoms with van der Waals surface area (Å²) in [6.45, 7) is 1.26. The molecule has 2 amide bonds. The molecule has 9 heteroatoms. The molecule has 1 aliphatic heterocycles. The van der Waals surface area contributed by atoms with E-state index in [2.05, 4.69) is 22.1 Å². The fourth-order valence-electron chi connectivity index (χ4n) is 3.17. The summed E-state index contributed by atoms with van der Waals surface area (Å²) in [5.74, 6) is 3.54. The van der Waals surface area contributed by atoms with Crippen LogP contribution >= 0.6 is 0 Å². The smallest absolute Gasteiger partial charge is 0.269 e. The molecule has 1 saturated heterocycles. The standard InChI is InChI=1S/C22H23FN4O4/c1-27-11-9-22(30,21(27)29)8-7-14-3-4-16(23)15(13-14)17-5-6-18(25-10-12-31-2)19(26-17)20(24)28/h3-6,13,25,30H,9-12H2,1-2H3,(H2,24,28)/t22-/m0/s1. The summed E-state index contributed by atoms with van der Waals surface area (Å²) in [6, 6.07) is 7.24. The lowest BCUT2D eigenvalue weighted by molar-refractivity contribution is -0.137. The van der Waals surface area contributed by atoms with E-state index in [0.29, 0.717) is 30.9 Å². The first-order valence-corrected chi connectivity index (χ1v) is 9.60. The second-order valence-electron chi connectivity index (χ2n) is 7.16. The maximum Gasteiger partial charge on any atom is 0.269 e.